The van der Waals surface area contributed by atoms with Gasteiger partial charge in [0, 0.05) is 18.9 Å². The first-order valence-electron chi connectivity index (χ1n) is 7.01. The van der Waals surface area contributed by atoms with Gasteiger partial charge in [-0.15, -0.1) is 24.8 Å². The zero-order valence-corrected chi connectivity index (χ0v) is 14.8. The summed E-state index contributed by atoms with van der Waals surface area (Å²) >= 11 is 0. The van der Waals surface area contributed by atoms with Gasteiger partial charge in [-0.3, -0.25) is 4.79 Å². The molecule has 0 aliphatic rings. The van der Waals surface area contributed by atoms with Crippen molar-refractivity contribution < 1.29 is 4.79 Å². The molecule has 2 aromatic rings. The number of hydrogen-bond acceptors (Lipinski definition) is 3. The lowest BCUT2D eigenvalue weighted by Crippen LogP contribution is -2.41. The summed E-state index contributed by atoms with van der Waals surface area (Å²) in [6.45, 7) is 6.30. The number of nitrogens with one attached hydrogen (secondary N) is 1. The molecule has 0 aliphatic carbocycles. The lowest BCUT2D eigenvalue weighted by molar-refractivity contribution is -0.125. The Morgan fingerprint density at radius 1 is 1.27 bits per heavy atom. The number of amides is 1. The quantitative estimate of drug-likeness (QED) is 0.872. The van der Waals surface area contributed by atoms with Crippen LogP contribution >= 0.6 is 24.8 Å². The largest absolute Gasteiger partial charge is 0.329 e. The highest BCUT2D eigenvalue weighted by molar-refractivity contribution is 5.95. The summed E-state index contributed by atoms with van der Waals surface area (Å²) in [6.07, 6.45) is 5.27. The van der Waals surface area contributed by atoms with Crippen molar-refractivity contribution in [3.8, 4) is 0 Å². The summed E-state index contributed by atoms with van der Waals surface area (Å²) < 4.78 is 1.91. The molecule has 0 saturated heterocycles. The van der Waals surface area contributed by atoms with E-state index >= 15 is 0 Å². The maximum Gasteiger partial charge on any atom is 0.231 e. The monoisotopic (exact) mass is 346 g/mol. The molecule has 0 spiro atoms. The molecule has 5 nitrogen and oxygen atoms in total. The fourth-order valence-electron chi connectivity index (χ4n) is 2.41. The number of rotatable bonds is 5. The molecular weight excluding hydrogens is 323 g/mol. The molecule has 0 saturated carbocycles. The molecule has 0 unspecified atom stereocenters. The van der Waals surface area contributed by atoms with E-state index in [2.05, 4.69) is 10.3 Å². The summed E-state index contributed by atoms with van der Waals surface area (Å²) in [6, 6.07) is 3.76. The lowest BCUT2D eigenvalue weighted by atomic mass is 9.81. The summed E-state index contributed by atoms with van der Waals surface area (Å²) in [5, 5.41) is 2.97. The molecule has 2 rings (SSSR count). The molecule has 0 atom stereocenters. The second-order valence-corrected chi connectivity index (χ2v) is 5.21. The smallest absolute Gasteiger partial charge is 0.231 e. The number of aryl methyl sites for hydroxylation is 1. The fraction of sp³-hybridized carbons (Fsp3) is 0.467. The van der Waals surface area contributed by atoms with Crippen molar-refractivity contribution in [3.63, 3.8) is 0 Å². The van der Waals surface area contributed by atoms with Gasteiger partial charge in [-0.25, -0.2) is 4.98 Å². The number of nitrogens with two attached hydrogens (primary N) is 1. The molecular formula is C15H24Cl2N4O. The highest BCUT2D eigenvalue weighted by Gasteiger charge is 2.33. The molecule has 3 N–H and O–H groups in total. The molecule has 2 heterocycles. The molecule has 22 heavy (non-hydrogen) atoms. The Balaban J connectivity index is 0.00000220. The van der Waals surface area contributed by atoms with E-state index in [0.717, 1.165) is 29.9 Å². The average Bonchev–Trinajstić information content (AvgIpc) is 2.81. The van der Waals surface area contributed by atoms with Gasteiger partial charge in [-0.1, -0.05) is 13.8 Å². The van der Waals surface area contributed by atoms with Gasteiger partial charge in [-0.05, 0) is 31.9 Å². The fourth-order valence-corrected chi connectivity index (χ4v) is 2.41. The van der Waals surface area contributed by atoms with Crippen molar-refractivity contribution in [1.82, 2.24) is 9.38 Å². The van der Waals surface area contributed by atoms with Crippen molar-refractivity contribution in [1.29, 1.82) is 0 Å². The first-order valence-corrected chi connectivity index (χ1v) is 7.01. The van der Waals surface area contributed by atoms with Crippen LogP contribution in [0.1, 0.15) is 32.4 Å². The highest BCUT2D eigenvalue weighted by Crippen LogP contribution is 2.27. The van der Waals surface area contributed by atoms with Crippen LogP contribution in [-0.4, -0.2) is 21.8 Å². The molecule has 2 aromatic heterocycles. The molecule has 0 radical (unpaired) electrons. The van der Waals surface area contributed by atoms with Gasteiger partial charge in [0.1, 0.15) is 5.65 Å². The Hall–Kier alpha value is -1.30. The number of anilines is 1. The van der Waals surface area contributed by atoms with Gasteiger partial charge in [0.25, 0.3) is 0 Å². The summed E-state index contributed by atoms with van der Waals surface area (Å²) in [7, 11) is 0. The first-order chi connectivity index (χ1) is 9.54. The zero-order valence-electron chi connectivity index (χ0n) is 13.1. The van der Waals surface area contributed by atoms with Gasteiger partial charge in [0.2, 0.25) is 5.91 Å². The normalized spacial score (nSPS) is 10.7. The Morgan fingerprint density at radius 3 is 2.45 bits per heavy atom. The maximum atomic E-state index is 12.5. The maximum absolute atomic E-state index is 12.5. The number of halogens is 2. The molecule has 124 valence electrons. The summed E-state index contributed by atoms with van der Waals surface area (Å²) in [5.74, 6) is -0.0128. The Kier molecular flexibility index (Phi) is 7.87. The number of pyridine rings is 1. The van der Waals surface area contributed by atoms with E-state index in [-0.39, 0.29) is 30.7 Å². The number of fused-ring (bicyclic) bond motifs is 1. The minimum Gasteiger partial charge on any atom is -0.329 e. The first kappa shape index (κ1) is 20.7. The van der Waals surface area contributed by atoms with Crippen molar-refractivity contribution in [2.24, 2.45) is 11.1 Å². The summed E-state index contributed by atoms with van der Waals surface area (Å²) in [4.78, 5) is 16.8. The zero-order chi connectivity index (χ0) is 14.8. The third-order valence-corrected chi connectivity index (χ3v) is 4.06. The van der Waals surface area contributed by atoms with E-state index in [1.54, 1.807) is 0 Å². The van der Waals surface area contributed by atoms with Crippen LogP contribution in [0.25, 0.3) is 5.65 Å². The van der Waals surface area contributed by atoms with E-state index in [1.807, 2.05) is 49.7 Å². The molecule has 0 aliphatic heterocycles. The van der Waals surface area contributed by atoms with Crippen LogP contribution in [0.2, 0.25) is 0 Å². The number of aromatic nitrogens is 2. The SMILES string of the molecule is CCC(CC)(CN)C(=O)Nc1ccc2nc(C)cn2c1.Cl.Cl. The molecule has 7 heteroatoms. The van der Waals surface area contributed by atoms with Crippen LogP contribution in [0.5, 0.6) is 0 Å². The summed E-state index contributed by atoms with van der Waals surface area (Å²) in [5.41, 5.74) is 7.90. The lowest BCUT2D eigenvalue weighted by Gasteiger charge is -2.28. The molecule has 0 bridgehead atoms. The van der Waals surface area contributed by atoms with Gasteiger partial charge < -0.3 is 15.5 Å². The predicted molar refractivity (Wildman–Crippen MR) is 95.1 cm³/mol. The van der Waals surface area contributed by atoms with E-state index in [1.165, 1.54) is 0 Å². The van der Waals surface area contributed by atoms with E-state index in [4.69, 9.17) is 5.73 Å². The molecule has 0 fully saturated rings. The second-order valence-electron chi connectivity index (χ2n) is 5.21. The van der Waals surface area contributed by atoms with E-state index in [9.17, 15) is 4.79 Å². The van der Waals surface area contributed by atoms with Crippen molar-refractivity contribution in [2.45, 2.75) is 33.6 Å². The minimum atomic E-state index is -0.486. The topological polar surface area (TPSA) is 72.4 Å². The Labute approximate surface area is 143 Å². The number of carbonyl (C=O) groups is 1. The van der Waals surface area contributed by atoms with E-state index < -0.39 is 5.41 Å². The van der Waals surface area contributed by atoms with Crippen LogP contribution in [-0.2, 0) is 4.79 Å². The average molecular weight is 347 g/mol. The number of carbonyl (C=O) groups excluding carboxylic acids is 1. The minimum absolute atomic E-state index is 0. The van der Waals surface area contributed by atoms with Gasteiger partial charge >= 0.3 is 0 Å². The van der Waals surface area contributed by atoms with Gasteiger partial charge in [-0.2, -0.15) is 0 Å². The predicted octanol–water partition coefficient (Wildman–Crippen LogP) is 3.19. The van der Waals surface area contributed by atoms with Crippen LogP contribution in [0.3, 0.4) is 0 Å². The molecule has 1 amide bonds. The third-order valence-electron chi connectivity index (χ3n) is 4.06. The van der Waals surface area contributed by atoms with Crippen molar-refractivity contribution in [2.75, 3.05) is 11.9 Å². The number of imidazole rings is 1. The Morgan fingerprint density at radius 2 is 1.91 bits per heavy atom. The van der Waals surface area contributed by atoms with Crippen LogP contribution < -0.4 is 11.1 Å². The highest BCUT2D eigenvalue weighted by atomic mass is 35.5. The van der Waals surface area contributed by atoms with Crippen molar-refractivity contribution >= 4 is 42.1 Å². The van der Waals surface area contributed by atoms with Gasteiger partial charge in [0.15, 0.2) is 0 Å². The standard InChI is InChI=1S/C15H22N4O.2ClH/c1-4-15(5-2,10-16)14(20)18-12-6-7-13-17-11(3)8-19(13)9-12;;/h6-9H,4-5,10,16H2,1-3H3,(H,18,20);2*1H. The number of nitrogens with zero attached hydrogens (tertiary/aromatic N) is 2. The second kappa shape index (κ2) is 8.36. The third kappa shape index (κ3) is 3.91. The van der Waals surface area contributed by atoms with Crippen LogP contribution in [0.4, 0.5) is 5.69 Å². The van der Waals surface area contributed by atoms with E-state index in [0.29, 0.717) is 6.54 Å². The van der Waals surface area contributed by atoms with Gasteiger partial charge in [0.05, 0.1) is 16.8 Å². The van der Waals surface area contributed by atoms with Crippen LogP contribution in [0, 0.1) is 12.3 Å². The molecule has 0 aromatic carbocycles. The van der Waals surface area contributed by atoms with Crippen molar-refractivity contribution in [3.05, 3.63) is 30.2 Å². The van der Waals surface area contributed by atoms with Crippen LogP contribution in [0.15, 0.2) is 24.5 Å². The number of hydrogen-bond donors (Lipinski definition) is 2. The Bertz CT molecular complexity index is 615.